The number of para-hydroxylation sites is 1. The molecule has 4 rings (SSSR count). The molecule has 1 aliphatic heterocycles. The Bertz CT molecular complexity index is 1530. The first-order chi connectivity index (χ1) is 18.6. The van der Waals surface area contributed by atoms with Crippen molar-refractivity contribution in [3.63, 3.8) is 0 Å². The van der Waals surface area contributed by atoms with Crippen molar-refractivity contribution in [1.82, 2.24) is 19.5 Å². The number of rotatable bonds is 8. The van der Waals surface area contributed by atoms with Gasteiger partial charge in [-0.25, -0.2) is 17.2 Å². The first-order valence-electron chi connectivity index (χ1n) is 12.5. The monoisotopic (exact) mass is 552 g/mol. The average Bonchev–Trinajstić information content (AvgIpc) is 2.92. The maximum atomic E-state index is 14.3. The second-order valence-electron chi connectivity index (χ2n) is 9.29. The van der Waals surface area contributed by atoms with Gasteiger partial charge in [0.1, 0.15) is 16.5 Å². The van der Waals surface area contributed by atoms with Gasteiger partial charge in [-0.3, -0.25) is 19.4 Å². The van der Waals surface area contributed by atoms with E-state index in [9.17, 15) is 22.0 Å². The van der Waals surface area contributed by atoms with Gasteiger partial charge in [-0.05, 0) is 50.3 Å². The average molecular weight is 553 g/mol. The van der Waals surface area contributed by atoms with Crippen LogP contribution in [-0.2, 0) is 14.8 Å². The van der Waals surface area contributed by atoms with Crippen molar-refractivity contribution >= 4 is 26.8 Å². The lowest BCUT2D eigenvalue weighted by molar-refractivity contribution is -0.131. The number of amides is 1. The van der Waals surface area contributed by atoms with Crippen molar-refractivity contribution in [1.29, 1.82) is 0 Å². The number of carbonyl (C=O) groups is 1. The Kier molecular flexibility index (Phi) is 8.57. The van der Waals surface area contributed by atoms with Crippen LogP contribution < -0.4 is 4.72 Å². The summed E-state index contributed by atoms with van der Waals surface area (Å²) in [6.07, 6.45) is 7.08. The molecule has 1 amide bonds. The molecule has 1 fully saturated rings. The standard InChI is InChI=1S/C29H30F2N4O3S/c1-4-22(10-8-16-33-39(37,38)26-14-5-9-23-11-7-15-32-28(23)26)29(36)35-18-17-34(19-20(35)2)21(3)27-24(30)12-6-13-25(27)31/h4-16,20-21,33H,1,17-19H2,2-3H3/b16-8+,22-10+/t20-,21?/m1/s1. The number of hydrogen-bond donors (Lipinski definition) is 1. The summed E-state index contributed by atoms with van der Waals surface area (Å²) in [7, 11) is -3.89. The zero-order chi connectivity index (χ0) is 28.2. The minimum absolute atomic E-state index is 0.0167. The Morgan fingerprint density at radius 2 is 1.82 bits per heavy atom. The van der Waals surface area contributed by atoms with Gasteiger partial charge < -0.3 is 4.90 Å². The van der Waals surface area contributed by atoms with E-state index in [1.807, 2.05) is 11.8 Å². The van der Waals surface area contributed by atoms with Crippen LogP contribution in [0.1, 0.15) is 25.5 Å². The molecule has 3 aromatic rings. The highest BCUT2D eigenvalue weighted by Gasteiger charge is 2.32. The minimum atomic E-state index is -3.89. The summed E-state index contributed by atoms with van der Waals surface area (Å²) in [4.78, 5) is 21.1. The molecule has 39 heavy (non-hydrogen) atoms. The fraction of sp³-hybridized carbons (Fsp3) is 0.241. The van der Waals surface area contributed by atoms with E-state index < -0.39 is 27.7 Å². The number of benzene rings is 2. The minimum Gasteiger partial charge on any atom is -0.333 e. The summed E-state index contributed by atoms with van der Waals surface area (Å²) in [6, 6.07) is 11.5. The van der Waals surface area contributed by atoms with Crippen molar-refractivity contribution in [2.45, 2.75) is 30.8 Å². The summed E-state index contributed by atoms with van der Waals surface area (Å²) in [6.45, 7) is 8.57. The Balaban J connectivity index is 1.42. The predicted octanol–water partition coefficient (Wildman–Crippen LogP) is 4.71. The van der Waals surface area contributed by atoms with Gasteiger partial charge in [0.05, 0.1) is 5.52 Å². The maximum absolute atomic E-state index is 14.3. The molecule has 1 aromatic heterocycles. The summed E-state index contributed by atoms with van der Waals surface area (Å²) in [5, 5.41) is 0.700. The number of sulfonamides is 1. The zero-order valence-corrected chi connectivity index (χ0v) is 22.5. The number of aromatic nitrogens is 1. The molecule has 1 unspecified atom stereocenters. The lowest BCUT2D eigenvalue weighted by atomic mass is 10.0. The van der Waals surface area contributed by atoms with E-state index >= 15 is 0 Å². The van der Waals surface area contributed by atoms with Gasteiger partial charge in [-0.15, -0.1) is 0 Å². The molecular weight excluding hydrogens is 522 g/mol. The first-order valence-corrected chi connectivity index (χ1v) is 14.0. The molecule has 2 heterocycles. The fourth-order valence-corrected chi connectivity index (χ4v) is 5.83. The number of nitrogens with one attached hydrogen (secondary N) is 1. The Morgan fingerprint density at radius 1 is 1.13 bits per heavy atom. The van der Waals surface area contributed by atoms with Crippen molar-refractivity contribution in [3.8, 4) is 0 Å². The molecule has 1 N–H and O–H groups in total. The van der Waals surface area contributed by atoms with Gasteiger partial charge in [-0.1, -0.05) is 36.9 Å². The molecule has 7 nitrogen and oxygen atoms in total. The Labute approximate surface area is 227 Å². The van der Waals surface area contributed by atoms with Crippen LogP contribution in [0.3, 0.4) is 0 Å². The van der Waals surface area contributed by atoms with Crippen LogP contribution in [0.25, 0.3) is 10.9 Å². The number of allylic oxidation sites excluding steroid dienone is 2. The zero-order valence-electron chi connectivity index (χ0n) is 21.7. The lowest BCUT2D eigenvalue weighted by Crippen LogP contribution is -2.54. The van der Waals surface area contributed by atoms with E-state index in [1.165, 1.54) is 54.9 Å². The topological polar surface area (TPSA) is 82.6 Å². The fourth-order valence-electron chi connectivity index (χ4n) is 4.76. The molecule has 0 aliphatic carbocycles. The molecule has 1 aliphatic rings. The molecule has 0 bridgehead atoms. The van der Waals surface area contributed by atoms with Crippen LogP contribution in [0, 0.1) is 11.6 Å². The number of pyridine rings is 1. The van der Waals surface area contributed by atoms with E-state index in [2.05, 4.69) is 16.3 Å². The van der Waals surface area contributed by atoms with Gasteiger partial charge in [0, 0.05) is 60.6 Å². The summed E-state index contributed by atoms with van der Waals surface area (Å²) in [5.74, 6) is -1.46. The highest BCUT2D eigenvalue weighted by atomic mass is 32.2. The SMILES string of the molecule is C=C/C(=C\C=C\NS(=O)(=O)c1cccc2cccnc12)C(=O)N1CCN(C(C)c2c(F)cccc2F)C[C@H]1C. The smallest absolute Gasteiger partial charge is 0.263 e. The van der Waals surface area contributed by atoms with Crippen LogP contribution in [0.15, 0.2) is 96.2 Å². The molecule has 0 radical (unpaired) electrons. The molecule has 10 heteroatoms. The number of carbonyl (C=O) groups excluding carboxylic acids is 1. The number of nitrogens with zero attached hydrogens (tertiary/aromatic N) is 3. The largest absolute Gasteiger partial charge is 0.333 e. The predicted molar refractivity (Wildman–Crippen MR) is 147 cm³/mol. The van der Waals surface area contributed by atoms with E-state index in [-0.39, 0.29) is 28.0 Å². The molecular formula is C29H30F2N4O3S. The number of hydrogen-bond acceptors (Lipinski definition) is 5. The molecule has 1 saturated heterocycles. The number of fused-ring (bicyclic) bond motifs is 1. The van der Waals surface area contributed by atoms with Crippen molar-refractivity contribution < 1.29 is 22.0 Å². The third-order valence-electron chi connectivity index (χ3n) is 6.83. The first kappa shape index (κ1) is 28.1. The Morgan fingerprint density at radius 3 is 2.51 bits per heavy atom. The Hall–Kier alpha value is -3.89. The molecule has 0 spiro atoms. The van der Waals surface area contributed by atoms with Crippen LogP contribution in [0.5, 0.6) is 0 Å². The van der Waals surface area contributed by atoms with E-state index in [0.29, 0.717) is 30.5 Å². The molecule has 204 valence electrons. The van der Waals surface area contributed by atoms with Gasteiger partial charge >= 0.3 is 0 Å². The molecule has 0 saturated carbocycles. The van der Waals surface area contributed by atoms with Gasteiger partial charge in [0.2, 0.25) is 0 Å². The van der Waals surface area contributed by atoms with Crippen LogP contribution in [0.4, 0.5) is 8.78 Å². The maximum Gasteiger partial charge on any atom is 0.263 e. The number of piperazine rings is 1. The van der Waals surface area contributed by atoms with Crippen LogP contribution in [0.2, 0.25) is 0 Å². The van der Waals surface area contributed by atoms with Gasteiger partial charge in [0.25, 0.3) is 15.9 Å². The molecule has 2 atom stereocenters. The quantitative estimate of drug-likeness (QED) is 0.323. The van der Waals surface area contributed by atoms with Crippen molar-refractivity contribution in [2.24, 2.45) is 0 Å². The highest BCUT2D eigenvalue weighted by molar-refractivity contribution is 7.89. The second kappa shape index (κ2) is 11.9. The van der Waals surface area contributed by atoms with E-state index in [0.717, 1.165) is 0 Å². The van der Waals surface area contributed by atoms with Crippen molar-refractivity contribution in [3.05, 3.63) is 109 Å². The number of halogens is 2. The van der Waals surface area contributed by atoms with E-state index in [4.69, 9.17) is 0 Å². The summed E-state index contributed by atoms with van der Waals surface area (Å²) in [5.41, 5.74) is 0.660. The van der Waals surface area contributed by atoms with Gasteiger partial charge in [-0.2, -0.15) is 0 Å². The van der Waals surface area contributed by atoms with Crippen LogP contribution in [-0.4, -0.2) is 54.8 Å². The molecule has 2 aromatic carbocycles. The highest BCUT2D eigenvalue weighted by Crippen LogP contribution is 2.28. The lowest BCUT2D eigenvalue weighted by Gasteiger charge is -2.42. The second-order valence-corrected chi connectivity index (χ2v) is 11.0. The normalized spacial score (nSPS) is 17.9. The third-order valence-corrected chi connectivity index (χ3v) is 8.19. The van der Waals surface area contributed by atoms with Crippen molar-refractivity contribution in [2.75, 3.05) is 19.6 Å². The third kappa shape index (κ3) is 6.07. The van der Waals surface area contributed by atoms with Gasteiger partial charge in [0.15, 0.2) is 0 Å². The summed E-state index contributed by atoms with van der Waals surface area (Å²) < 4.78 is 56.7. The van der Waals surface area contributed by atoms with Crippen LogP contribution >= 0.6 is 0 Å². The summed E-state index contributed by atoms with van der Waals surface area (Å²) >= 11 is 0. The van der Waals surface area contributed by atoms with E-state index in [1.54, 1.807) is 36.1 Å².